The molecule has 0 radical (unpaired) electrons. The lowest BCUT2D eigenvalue weighted by Crippen LogP contribution is -2.25. The predicted molar refractivity (Wildman–Crippen MR) is 91.7 cm³/mol. The number of rotatable bonds is 3. The van der Waals surface area contributed by atoms with Crippen LogP contribution in [0.3, 0.4) is 0 Å². The van der Waals surface area contributed by atoms with Crippen molar-refractivity contribution in [2.45, 2.75) is 19.4 Å². The fourth-order valence-electron chi connectivity index (χ4n) is 3.07. The topological polar surface area (TPSA) is 33.5 Å². The maximum Gasteiger partial charge on any atom is 0.264 e. The van der Waals surface area contributed by atoms with Crippen LogP contribution in [0.1, 0.15) is 26.6 Å². The van der Waals surface area contributed by atoms with Crippen LogP contribution in [0.25, 0.3) is 10.4 Å². The number of furan rings is 1. The molecule has 3 aromatic rings. The van der Waals surface area contributed by atoms with Gasteiger partial charge in [0.1, 0.15) is 5.76 Å². The highest BCUT2D eigenvalue weighted by molar-refractivity contribution is 7.17. The molecule has 4 heteroatoms. The normalized spacial score (nSPS) is 12.6. The van der Waals surface area contributed by atoms with Crippen LogP contribution in [-0.4, -0.2) is 17.9 Å². The summed E-state index contributed by atoms with van der Waals surface area (Å²) >= 11 is 1.61. The molecule has 0 N–H and O–H groups in total. The fourth-order valence-corrected chi connectivity index (χ4v) is 4.34. The third-order valence-electron chi connectivity index (χ3n) is 4.27. The molecule has 1 aromatic carbocycles. The van der Waals surface area contributed by atoms with E-state index >= 15 is 0 Å². The smallest absolute Gasteiger partial charge is 0.264 e. The number of fused-ring (bicyclic) bond motifs is 3. The van der Waals surface area contributed by atoms with Gasteiger partial charge >= 0.3 is 0 Å². The first-order chi connectivity index (χ1) is 11.2. The summed E-state index contributed by atoms with van der Waals surface area (Å²) in [6.07, 6.45) is 3.70. The number of aryl methyl sites for hydroxylation is 2. The van der Waals surface area contributed by atoms with Gasteiger partial charge in [-0.25, -0.2) is 0 Å². The maximum absolute atomic E-state index is 12.7. The van der Waals surface area contributed by atoms with Crippen LogP contribution in [0.4, 0.5) is 0 Å². The van der Waals surface area contributed by atoms with Gasteiger partial charge in [-0.1, -0.05) is 24.3 Å². The lowest BCUT2D eigenvalue weighted by Gasteiger charge is -2.15. The second kappa shape index (κ2) is 5.70. The van der Waals surface area contributed by atoms with Crippen molar-refractivity contribution in [3.8, 4) is 10.4 Å². The molecule has 116 valence electrons. The fraction of sp³-hybridized carbons (Fsp3) is 0.211. The largest absolute Gasteiger partial charge is 0.467 e. The second-order valence-corrected chi connectivity index (χ2v) is 6.91. The molecule has 0 aliphatic heterocycles. The Kier molecular flexibility index (Phi) is 3.54. The van der Waals surface area contributed by atoms with E-state index in [0.29, 0.717) is 6.54 Å². The van der Waals surface area contributed by atoms with E-state index in [2.05, 4.69) is 30.3 Å². The summed E-state index contributed by atoms with van der Waals surface area (Å²) in [6.45, 7) is 0.491. The molecule has 2 aromatic heterocycles. The molecule has 0 spiro atoms. The van der Waals surface area contributed by atoms with Crippen molar-refractivity contribution in [3.05, 3.63) is 70.5 Å². The van der Waals surface area contributed by atoms with E-state index in [1.54, 1.807) is 22.5 Å². The molecule has 0 fully saturated rings. The molecular formula is C19H17NO2S. The standard InChI is InChI=1S/C19H17NO2S/c1-20(12-15-6-4-10-22-15)19(21)17-11-14-9-8-13-5-2-3-7-16(13)18(14)23-17/h2-7,10-11H,8-9,12H2,1H3. The molecule has 1 amide bonds. The van der Waals surface area contributed by atoms with Crippen molar-refractivity contribution in [2.24, 2.45) is 0 Å². The van der Waals surface area contributed by atoms with Crippen molar-refractivity contribution >= 4 is 17.2 Å². The van der Waals surface area contributed by atoms with Crippen molar-refractivity contribution in [3.63, 3.8) is 0 Å². The Labute approximate surface area is 139 Å². The molecule has 0 atom stereocenters. The van der Waals surface area contributed by atoms with Gasteiger partial charge in [0.15, 0.2) is 0 Å². The summed E-state index contributed by atoms with van der Waals surface area (Å²) in [5.74, 6) is 0.853. The Morgan fingerprint density at radius 2 is 2.00 bits per heavy atom. The number of amides is 1. The molecular weight excluding hydrogens is 306 g/mol. The molecule has 2 heterocycles. The highest BCUT2D eigenvalue weighted by Crippen LogP contribution is 2.39. The van der Waals surface area contributed by atoms with Crippen LogP contribution in [-0.2, 0) is 19.4 Å². The van der Waals surface area contributed by atoms with Crippen LogP contribution < -0.4 is 0 Å². The van der Waals surface area contributed by atoms with E-state index in [-0.39, 0.29) is 5.91 Å². The van der Waals surface area contributed by atoms with Gasteiger partial charge in [-0.3, -0.25) is 4.79 Å². The summed E-state index contributed by atoms with van der Waals surface area (Å²) < 4.78 is 5.33. The molecule has 1 aliphatic carbocycles. The van der Waals surface area contributed by atoms with Gasteiger partial charge in [0.25, 0.3) is 5.91 Å². The number of benzene rings is 1. The number of hydrogen-bond acceptors (Lipinski definition) is 3. The maximum atomic E-state index is 12.7. The minimum absolute atomic E-state index is 0.0540. The SMILES string of the molecule is CN(Cc1ccco1)C(=O)c1cc2c(s1)-c1ccccc1CC2. The lowest BCUT2D eigenvalue weighted by atomic mass is 9.91. The minimum Gasteiger partial charge on any atom is -0.467 e. The highest BCUT2D eigenvalue weighted by atomic mass is 32.1. The number of thiophene rings is 1. The quantitative estimate of drug-likeness (QED) is 0.717. The van der Waals surface area contributed by atoms with Crippen LogP contribution in [0.15, 0.2) is 53.1 Å². The third-order valence-corrected chi connectivity index (χ3v) is 5.46. The molecule has 0 saturated carbocycles. The highest BCUT2D eigenvalue weighted by Gasteiger charge is 2.23. The Morgan fingerprint density at radius 3 is 2.83 bits per heavy atom. The zero-order chi connectivity index (χ0) is 15.8. The van der Waals surface area contributed by atoms with E-state index < -0.39 is 0 Å². The molecule has 0 saturated heterocycles. The van der Waals surface area contributed by atoms with Crippen LogP contribution >= 0.6 is 11.3 Å². The van der Waals surface area contributed by atoms with Crippen molar-refractivity contribution in [2.75, 3.05) is 7.05 Å². The molecule has 0 unspecified atom stereocenters. The van der Waals surface area contributed by atoms with Gasteiger partial charge in [-0.15, -0.1) is 11.3 Å². The van der Waals surface area contributed by atoms with Gasteiger partial charge in [-0.2, -0.15) is 0 Å². The van der Waals surface area contributed by atoms with Crippen LogP contribution in [0.5, 0.6) is 0 Å². The van der Waals surface area contributed by atoms with Crippen molar-refractivity contribution < 1.29 is 9.21 Å². The van der Waals surface area contributed by atoms with E-state index in [0.717, 1.165) is 23.5 Å². The van der Waals surface area contributed by atoms with E-state index in [1.807, 2.05) is 19.2 Å². The molecule has 4 rings (SSSR count). The number of hydrogen-bond donors (Lipinski definition) is 0. The Morgan fingerprint density at radius 1 is 1.17 bits per heavy atom. The summed E-state index contributed by atoms with van der Waals surface area (Å²) in [5.41, 5.74) is 3.96. The van der Waals surface area contributed by atoms with Gasteiger partial charge in [-0.05, 0) is 47.7 Å². The van der Waals surface area contributed by atoms with Crippen LogP contribution in [0, 0.1) is 0 Å². The molecule has 1 aliphatic rings. The first-order valence-electron chi connectivity index (χ1n) is 7.71. The molecule has 23 heavy (non-hydrogen) atoms. The van der Waals surface area contributed by atoms with E-state index in [1.165, 1.54) is 21.6 Å². The summed E-state index contributed by atoms with van der Waals surface area (Å²) in [4.78, 5) is 16.5. The zero-order valence-electron chi connectivity index (χ0n) is 12.9. The van der Waals surface area contributed by atoms with Gasteiger partial charge in [0.2, 0.25) is 0 Å². The van der Waals surface area contributed by atoms with Gasteiger partial charge < -0.3 is 9.32 Å². The van der Waals surface area contributed by atoms with E-state index in [4.69, 9.17) is 4.42 Å². The van der Waals surface area contributed by atoms with Crippen molar-refractivity contribution in [1.29, 1.82) is 0 Å². The van der Waals surface area contributed by atoms with Gasteiger partial charge in [0, 0.05) is 11.9 Å². The number of nitrogens with zero attached hydrogens (tertiary/aromatic N) is 1. The monoisotopic (exact) mass is 323 g/mol. The number of carbonyl (C=O) groups is 1. The average Bonchev–Trinajstić information content (AvgIpc) is 3.23. The number of carbonyl (C=O) groups excluding carboxylic acids is 1. The zero-order valence-corrected chi connectivity index (χ0v) is 13.7. The lowest BCUT2D eigenvalue weighted by molar-refractivity contribution is 0.0780. The average molecular weight is 323 g/mol. The first kappa shape index (κ1) is 14.3. The van der Waals surface area contributed by atoms with Crippen LogP contribution in [0.2, 0.25) is 0 Å². The Hall–Kier alpha value is -2.33. The molecule has 0 bridgehead atoms. The van der Waals surface area contributed by atoms with E-state index in [9.17, 15) is 4.79 Å². The predicted octanol–water partition coefficient (Wildman–Crippen LogP) is 4.38. The first-order valence-corrected chi connectivity index (χ1v) is 8.53. The van der Waals surface area contributed by atoms with Gasteiger partial charge in [0.05, 0.1) is 17.7 Å². The Balaban J connectivity index is 1.62. The third kappa shape index (κ3) is 2.59. The second-order valence-electron chi connectivity index (χ2n) is 5.86. The summed E-state index contributed by atoms with van der Waals surface area (Å²) in [7, 11) is 1.82. The summed E-state index contributed by atoms with van der Waals surface area (Å²) in [6, 6.07) is 14.3. The Bertz CT molecular complexity index is 848. The molecule has 3 nitrogen and oxygen atoms in total. The van der Waals surface area contributed by atoms with Crippen molar-refractivity contribution in [1.82, 2.24) is 4.90 Å². The summed E-state index contributed by atoms with van der Waals surface area (Å²) in [5, 5.41) is 0. The minimum atomic E-state index is 0.0540.